The van der Waals surface area contributed by atoms with Crippen molar-refractivity contribution in [1.29, 1.82) is 0 Å². The Morgan fingerprint density at radius 2 is 1.83 bits per heavy atom. The zero-order chi connectivity index (χ0) is 17.0. The third-order valence-corrected chi connectivity index (χ3v) is 3.97. The minimum Gasteiger partial charge on any atom is -0.445 e. The van der Waals surface area contributed by atoms with E-state index in [0.717, 1.165) is 5.56 Å². The Labute approximate surface area is 139 Å². The van der Waals surface area contributed by atoms with Gasteiger partial charge in [0.15, 0.2) is 5.60 Å². The lowest BCUT2D eigenvalue weighted by molar-refractivity contribution is -0.134. The first-order valence-corrected chi connectivity index (χ1v) is 7.67. The fourth-order valence-corrected chi connectivity index (χ4v) is 2.67. The largest absolute Gasteiger partial charge is 0.445 e. The molecule has 0 aliphatic carbocycles. The van der Waals surface area contributed by atoms with E-state index >= 15 is 0 Å². The van der Waals surface area contributed by atoms with Crippen LogP contribution in [0.5, 0.6) is 0 Å². The van der Waals surface area contributed by atoms with Gasteiger partial charge < -0.3 is 20.5 Å². The van der Waals surface area contributed by atoms with Gasteiger partial charge in [0.05, 0.1) is 0 Å². The molecule has 6 heteroatoms. The molecule has 6 nitrogen and oxygen atoms in total. The van der Waals surface area contributed by atoms with Crippen LogP contribution in [0.1, 0.15) is 17.5 Å². The molecule has 3 rings (SSSR count). The van der Waals surface area contributed by atoms with Crippen LogP contribution in [0.2, 0.25) is 0 Å². The Balaban J connectivity index is 1.51. The molecular weight excluding hydrogens is 308 g/mol. The van der Waals surface area contributed by atoms with Crippen molar-refractivity contribution in [1.82, 2.24) is 5.32 Å². The van der Waals surface area contributed by atoms with Gasteiger partial charge in [0.25, 0.3) is 5.91 Å². The quantitative estimate of drug-likeness (QED) is 0.785. The number of anilines is 1. The molecule has 0 spiro atoms. The van der Waals surface area contributed by atoms with Crippen molar-refractivity contribution in [3.05, 3.63) is 65.7 Å². The molecule has 2 amide bonds. The zero-order valence-corrected chi connectivity index (χ0v) is 13.0. The lowest BCUT2D eigenvalue weighted by Gasteiger charge is -2.20. The highest BCUT2D eigenvalue weighted by molar-refractivity contribution is 6.04. The van der Waals surface area contributed by atoms with Gasteiger partial charge in [0.1, 0.15) is 6.61 Å². The van der Waals surface area contributed by atoms with Crippen LogP contribution >= 0.6 is 0 Å². The van der Waals surface area contributed by atoms with Gasteiger partial charge >= 0.3 is 6.09 Å². The zero-order valence-electron chi connectivity index (χ0n) is 13.0. The number of rotatable bonds is 5. The number of hydrogen-bond acceptors (Lipinski definition) is 4. The van der Waals surface area contributed by atoms with Crippen LogP contribution in [0, 0.1) is 0 Å². The molecule has 1 unspecified atom stereocenters. The second-order valence-electron chi connectivity index (χ2n) is 5.60. The van der Waals surface area contributed by atoms with Crippen molar-refractivity contribution in [2.75, 3.05) is 11.9 Å². The molecule has 24 heavy (non-hydrogen) atoms. The van der Waals surface area contributed by atoms with Crippen LogP contribution in [0.15, 0.2) is 54.6 Å². The Kier molecular flexibility index (Phi) is 4.48. The van der Waals surface area contributed by atoms with Crippen LogP contribution in [-0.4, -0.2) is 23.7 Å². The van der Waals surface area contributed by atoms with Gasteiger partial charge in [-0.2, -0.15) is 0 Å². The summed E-state index contributed by atoms with van der Waals surface area (Å²) in [6.07, 6.45) is -0.523. The summed E-state index contributed by atoms with van der Waals surface area (Å²) in [5.41, 5.74) is 0.366. The summed E-state index contributed by atoms with van der Waals surface area (Å²) in [6.45, 7) is 0.284. The Morgan fingerprint density at radius 1 is 1.12 bits per heavy atom. The van der Waals surface area contributed by atoms with Crippen LogP contribution in [-0.2, 0) is 21.7 Å². The fourth-order valence-electron chi connectivity index (χ4n) is 2.67. The van der Waals surface area contributed by atoms with Gasteiger partial charge in [0, 0.05) is 24.2 Å². The van der Waals surface area contributed by atoms with Crippen molar-refractivity contribution in [3.8, 4) is 0 Å². The maximum Gasteiger partial charge on any atom is 0.407 e. The maximum atomic E-state index is 12.0. The lowest BCUT2D eigenvalue weighted by atomic mass is 9.92. The van der Waals surface area contributed by atoms with Gasteiger partial charge in [-0.05, 0) is 11.6 Å². The highest BCUT2D eigenvalue weighted by Crippen LogP contribution is 2.37. The highest BCUT2D eigenvalue weighted by Gasteiger charge is 2.44. The predicted octanol–water partition coefficient (Wildman–Crippen LogP) is 2.14. The SMILES string of the molecule is O=C(NCCC1(O)C(=O)Nc2ccccc21)OCc1ccccc1. The van der Waals surface area contributed by atoms with Gasteiger partial charge in [-0.3, -0.25) is 4.79 Å². The fraction of sp³-hybridized carbons (Fsp3) is 0.222. The standard InChI is InChI=1S/C18H18N2O4/c21-16-18(23,14-8-4-5-9-15(14)20-16)10-11-19-17(22)24-12-13-6-2-1-3-7-13/h1-9,23H,10-12H2,(H,19,22)(H,20,21). The number of alkyl carbamates (subject to hydrolysis) is 1. The first-order chi connectivity index (χ1) is 11.6. The van der Waals surface area contributed by atoms with E-state index in [-0.39, 0.29) is 19.6 Å². The van der Waals surface area contributed by atoms with Crippen molar-refractivity contribution >= 4 is 17.7 Å². The number of carbonyl (C=O) groups excluding carboxylic acids is 2. The second-order valence-corrected chi connectivity index (χ2v) is 5.60. The van der Waals surface area contributed by atoms with Crippen LogP contribution in [0.25, 0.3) is 0 Å². The molecule has 3 N–H and O–H groups in total. The molecule has 124 valence electrons. The number of aliphatic hydroxyl groups is 1. The number of fused-ring (bicyclic) bond motifs is 1. The molecule has 1 atom stereocenters. The number of benzene rings is 2. The van der Waals surface area contributed by atoms with Gasteiger partial charge in [0.2, 0.25) is 0 Å². The minimum atomic E-state index is -1.64. The molecule has 1 aliphatic heterocycles. The van der Waals surface area contributed by atoms with E-state index in [9.17, 15) is 14.7 Å². The van der Waals surface area contributed by atoms with E-state index in [1.807, 2.05) is 30.3 Å². The van der Waals surface area contributed by atoms with Crippen molar-refractivity contribution in [3.63, 3.8) is 0 Å². The predicted molar refractivity (Wildman–Crippen MR) is 88.2 cm³/mol. The van der Waals surface area contributed by atoms with E-state index in [1.54, 1.807) is 24.3 Å². The summed E-state index contributed by atoms with van der Waals surface area (Å²) in [5.74, 6) is -0.483. The molecule has 2 aromatic rings. The van der Waals surface area contributed by atoms with Crippen LogP contribution in [0.3, 0.4) is 0 Å². The number of hydrogen-bond donors (Lipinski definition) is 3. The summed E-state index contributed by atoms with van der Waals surface area (Å²) in [4.78, 5) is 23.7. The van der Waals surface area contributed by atoms with Gasteiger partial charge in [-0.1, -0.05) is 48.5 Å². The topological polar surface area (TPSA) is 87.7 Å². The summed E-state index contributed by atoms with van der Waals surface area (Å²) in [5, 5.41) is 15.8. The first-order valence-electron chi connectivity index (χ1n) is 7.67. The molecule has 0 saturated carbocycles. The summed E-state index contributed by atoms with van der Waals surface area (Å²) in [7, 11) is 0. The monoisotopic (exact) mass is 326 g/mol. The van der Waals surface area contributed by atoms with Gasteiger partial charge in [-0.15, -0.1) is 0 Å². The molecular formula is C18H18N2O4. The highest BCUT2D eigenvalue weighted by atomic mass is 16.5. The van der Waals surface area contributed by atoms with E-state index in [2.05, 4.69) is 10.6 Å². The number of ether oxygens (including phenoxy) is 1. The number of amides is 2. The van der Waals surface area contributed by atoms with Crippen LogP contribution in [0.4, 0.5) is 10.5 Å². The normalized spacial score (nSPS) is 18.6. The summed E-state index contributed by atoms with van der Waals surface area (Å²) >= 11 is 0. The maximum absolute atomic E-state index is 12.0. The molecule has 0 bridgehead atoms. The number of nitrogens with one attached hydrogen (secondary N) is 2. The average Bonchev–Trinajstić information content (AvgIpc) is 2.85. The minimum absolute atomic E-state index is 0.0658. The van der Waals surface area contributed by atoms with E-state index in [0.29, 0.717) is 11.3 Å². The van der Waals surface area contributed by atoms with Crippen molar-refractivity contribution < 1.29 is 19.4 Å². The van der Waals surface area contributed by atoms with E-state index < -0.39 is 17.6 Å². The second kappa shape index (κ2) is 6.72. The molecule has 0 saturated heterocycles. The Morgan fingerprint density at radius 3 is 2.62 bits per heavy atom. The van der Waals surface area contributed by atoms with Crippen molar-refractivity contribution in [2.24, 2.45) is 0 Å². The Bertz CT molecular complexity index is 748. The summed E-state index contributed by atoms with van der Waals surface area (Å²) in [6, 6.07) is 16.3. The third-order valence-electron chi connectivity index (χ3n) is 3.97. The van der Waals surface area contributed by atoms with E-state index in [1.165, 1.54) is 0 Å². The first kappa shape index (κ1) is 16.0. The lowest BCUT2D eigenvalue weighted by Crippen LogP contribution is -2.38. The smallest absolute Gasteiger partial charge is 0.407 e. The summed E-state index contributed by atoms with van der Waals surface area (Å²) < 4.78 is 5.09. The molecule has 0 radical (unpaired) electrons. The molecule has 0 aromatic heterocycles. The van der Waals surface area contributed by atoms with Gasteiger partial charge in [-0.25, -0.2) is 4.79 Å². The Hall–Kier alpha value is -2.86. The van der Waals surface area contributed by atoms with Crippen molar-refractivity contribution in [2.45, 2.75) is 18.6 Å². The van der Waals surface area contributed by atoms with Crippen LogP contribution < -0.4 is 10.6 Å². The van der Waals surface area contributed by atoms with E-state index in [4.69, 9.17) is 4.74 Å². The molecule has 2 aromatic carbocycles. The average molecular weight is 326 g/mol. The molecule has 1 heterocycles. The third kappa shape index (κ3) is 3.23. The molecule has 1 aliphatic rings. The molecule has 0 fully saturated rings. The number of para-hydroxylation sites is 1. The number of carbonyl (C=O) groups is 2.